The molecule has 1 aromatic rings. The number of carboxylic acid groups (broad SMARTS) is 1. The Morgan fingerprint density at radius 3 is 1.97 bits per heavy atom. The van der Waals surface area contributed by atoms with Crippen molar-refractivity contribution in [1.29, 1.82) is 0 Å². The van der Waals surface area contributed by atoms with E-state index in [0.29, 0.717) is 62.3 Å². The molecule has 0 bridgehead atoms. The first-order valence-electron chi connectivity index (χ1n) is 10.5. The molecule has 166 valence electrons. The molecule has 0 aromatic heterocycles. The second kappa shape index (κ2) is 11.8. The summed E-state index contributed by atoms with van der Waals surface area (Å²) in [6.07, 6.45) is 1.68. The number of benzene rings is 1. The molecule has 2 unspecified atom stereocenters. The van der Waals surface area contributed by atoms with Crippen molar-refractivity contribution in [2.45, 2.75) is 66.3 Å². The van der Waals surface area contributed by atoms with Crippen molar-refractivity contribution >= 4 is 5.97 Å². The van der Waals surface area contributed by atoms with Crippen molar-refractivity contribution in [2.24, 2.45) is 11.7 Å². The van der Waals surface area contributed by atoms with Crippen LogP contribution in [-0.4, -0.2) is 43.0 Å². The van der Waals surface area contributed by atoms with Crippen molar-refractivity contribution in [2.75, 3.05) is 26.4 Å². The molecule has 0 aliphatic heterocycles. The van der Waals surface area contributed by atoms with E-state index in [9.17, 15) is 9.90 Å². The number of carboxylic acids is 1. The van der Waals surface area contributed by atoms with Crippen LogP contribution in [0.2, 0.25) is 0 Å². The Labute approximate surface area is 174 Å². The zero-order chi connectivity index (χ0) is 22.0. The van der Waals surface area contributed by atoms with Crippen LogP contribution in [0, 0.1) is 5.92 Å². The predicted octanol–water partition coefficient (Wildman–Crippen LogP) is 4.04. The molecule has 7 heteroatoms. The molecule has 0 fully saturated rings. The highest BCUT2D eigenvalue weighted by molar-refractivity contribution is 5.77. The number of rotatable bonds is 14. The summed E-state index contributed by atoms with van der Waals surface area (Å²) in [6, 6.07) is 1.83. The normalized spacial score (nSPS) is 14.0. The van der Waals surface area contributed by atoms with Gasteiger partial charge in [-0.15, -0.1) is 0 Å². The molecule has 0 saturated heterocycles. The SMILES string of the molecule is CCOc1cc(OCC)c(OCC)c(OCC)c1CC(CC)CC(C)(N)C(=O)O. The molecular weight excluding hydrogens is 374 g/mol. The van der Waals surface area contributed by atoms with Crippen LogP contribution in [0.15, 0.2) is 6.07 Å². The lowest BCUT2D eigenvalue weighted by atomic mass is 9.84. The van der Waals surface area contributed by atoms with Crippen LogP contribution in [0.5, 0.6) is 23.0 Å². The van der Waals surface area contributed by atoms with E-state index in [1.165, 1.54) is 0 Å². The van der Waals surface area contributed by atoms with Gasteiger partial charge in [0.1, 0.15) is 11.3 Å². The third-order valence-electron chi connectivity index (χ3n) is 4.71. The van der Waals surface area contributed by atoms with Gasteiger partial charge in [0.25, 0.3) is 0 Å². The summed E-state index contributed by atoms with van der Waals surface area (Å²) < 4.78 is 23.5. The smallest absolute Gasteiger partial charge is 0.323 e. The Hall–Kier alpha value is -2.15. The third kappa shape index (κ3) is 6.70. The van der Waals surface area contributed by atoms with E-state index in [1.807, 2.05) is 40.7 Å². The summed E-state index contributed by atoms with van der Waals surface area (Å²) in [6.45, 7) is 13.1. The molecule has 3 N–H and O–H groups in total. The van der Waals surface area contributed by atoms with Gasteiger partial charge in [0.2, 0.25) is 5.75 Å². The summed E-state index contributed by atoms with van der Waals surface area (Å²) in [5, 5.41) is 9.43. The van der Waals surface area contributed by atoms with Crippen LogP contribution in [0.25, 0.3) is 0 Å². The molecule has 29 heavy (non-hydrogen) atoms. The number of hydrogen-bond donors (Lipinski definition) is 2. The molecule has 0 saturated carbocycles. The zero-order valence-electron chi connectivity index (χ0n) is 18.7. The molecule has 0 radical (unpaired) electrons. The van der Waals surface area contributed by atoms with Crippen LogP contribution in [-0.2, 0) is 11.2 Å². The standard InChI is InChI=1S/C22H37NO6/c1-7-15(14-22(6,23)21(24)25)12-16-17(26-8-2)13-18(27-9-3)20(29-11-5)19(16)28-10-4/h13,15H,7-12,14,23H2,1-6H3,(H,24,25). The maximum atomic E-state index is 11.5. The maximum absolute atomic E-state index is 11.5. The predicted molar refractivity (Wildman–Crippen MR) is 113 cm³/mol. The first-order chi connectivity index (χ1) is 13.7. The van der Waals surface area contributed by atoms with E-state index in [0.717, 1.165) is 12.0 Å². The minimum Gasteiger partial charge on any atom is -0.493 e. The highest BCUT2D eigenvalue weighted by Crippen LogP contribution is 2.47. The fraction of sp³-hybridized carbons (Fsp3) is 0.682. The molecule has 0 heterocycles. The quantitative estimate of drug-likeness (QED) is 0.476. The fourth-order valence-corrected chi connectivity index (χ4v) is 3.29. The first-order valence-corrected chi connectivity index (χ1v) is 10.5. The van der Waals surface area contributed by atoms with E-state index >= 15 is 0 Å². The second-order valence-electron chi connectivity index (χ2n) is 7.15. The summed E-state index contributed by atoms with van der Waals surface area (Å²) >= 11 is 0. The van der Waals surface area contributed by atoms with Crippen molar-refractivity contribution in [3.63, 3.8) is 0 Å². The molecule has 7 nitrogen and oxygen atoms in total. The van der Waals surface area contributed by atoms with Gasteiger partial charge < -0.3 is 29.8 Å². The lowest BCUT2D eigenvalue weighted by Gasteiger charge is -2.27. The average molecular weight is 412 g/mol. The minimum atomic E-state index is -1.30. The third-order valence-corrected chi connectivity index (χ3v) is 4.71. The van der Waals surface area contributed by atoms with Gasteiger partial charge in [0.05, 0.1) is 26.4 Å². The van der Waals surface area contributed by atoms with Crippen LogP contribution >= 0.6 is 0 Å². The largest absolute Gasteiger partial charge is 0.493 e. The number of nitrogens with two attached hydrogens (primary N) is 1. The van der Waals surface area contributed by atoms with Crippen LogP contribution in [0.1, 0.15) is 59.9 Å². The topological polar surface area (TPSA) is 100 Å². The second-order valence-corrected chi connectivity index (χ2v) is 7.15. The minimum absolute atomic E-state index is 0.0342. The lowest BCUT2D eigenvalue weighted by Crippen LogP contribution is -2.46. The van der Waals surface area contributed by atoms with Gasteiger partial charge in [-0.2, -0.15) is 0 Å². The number of hydrogen-bond acceptors (Lipinski definition) is 6. The van der Waals surface area contributed by atoms with Crippen LogP contribution in [0.4, 0.5) is 0 Å². The molecule has 0 aliphatic rings. The van der Waals surface area contributed by atoms with Crippen molar-refractivity contribution < 1.29 is 28.8 Å². The van der Waals surface area contributed by atoms with Crippen LogP contribution in [0.3, 0.4) is 0 Å². The number of carbonyl (C=O) groups is 1. The lowest BCUT2D eigenvalue weighted by molar-refractivity contribution is -0.143. The fourth-order valence-electron chi connectivity index (χ4n) is 3.29. The molecule has 0 amide bonds. The molecular formula is C22H37NO6. The van der Waals surface area contributed by atoms with E-state index < -0.39 is 11.5 Å². The van der Waals surface area contributed by atoms with E-state index in [-0.39, 0.29) is 5.92 Å². The number of ether oxygens (including phenoxy) is 4. The van der Waals surface area contributed by atoms with Gasteiger partial charge in [-0.1, -0.05) is 13.3 Å². The van der Waals surface area contributed by atoms with Gasteiger partial charge in [-0.25, -0.2) is 0 Å². The average Bonchev–Trinajstić information content (AvgIpc) is 2.66. The molecule has 1 aromatic carbocycles. The van der Waals surface area contributed by atoms with Gasteiger partial charge in [-0.3, -0.25) is 4.79 Å². The Balaban J connectivity index is 3.49. The maximum Gasteiger partial charge on any atom is 0.323 e. The van der Waals surface area contributed by atoms with Crippen molar-refractivity contribution in [3.05, 3.63) is 11.6 Å². The molecule has 2 atom stereocenters. The Bertz CT molecular complexity index is 659. The van der Waals surface area contributed by atoms with E-state index in [2.05, 4.69) is 0 Å². The summed E-state index contributed by atoms with van der Waals surface area (Å²) in [5.41, 5.74) is 5.57. The van der Waals surface area contributed by atoms with Gasteiger partial charge in [0.15, 0.2) is 11.5 Å². The van der Waals surface area contributed by atoms with E-state index in [1.54, 1.807) is 6.92 Å². The molecule has 0 spiro atoms. The summed E-state index contributed by atoms with van der Waals surface area (Å²) in [5.74, 6) is 1.41. The van der Waals surface area contributed by atoms with Crippen molar-refractivity contribution in [1.82, 2.24) is 0 Å². The van der Waals surface area contributed by atoms with Gasteiger partial charge >= 0.3 is 5.97 Å². The van der Waals surface area contributed by atoms with E-state index in [4.69, 9.17) is 24.7 Å². The Morgan fingerprint density at radius 1 is 0.966 bits per heavy atom. The molecule has 0 aliphatic carbocycles. The monoisotopic (exact) mass is 411 g/mol. The van der Waals surface area contributed by atoms with Gasteiger partial charge in [-0.05, 0) is 53.4 Å². The summed E-state index contributed by atoms with van der Waals surface area (Å²) in [4.78, 5) is 11.5. The number of aliphatic carboxylic acids is 1. The highest BCUT2D eigenvalue weighted by atomic mass is 16.5. The van der Waals surface area contributed by atoms with Crippen molar-refractivity contribution in [3.8, 4) is 23.0 Å². The molecule has 1 rings (SSSR count). The Morgan fingerprint density at radius 2 is 1.48 bits per heavy atom. The van der Waals surface area contributed by atoms with Gasteiger partial charge in [0, 0.05) is 11.6 Å². The Kier molecular flexibility index (Phi) is 10.1. The highest BCUT2D eigenvalue weighted by Gasteiger charge is 2.32. The summed E-state index contributed by atoms with van der Waals surface area (Å²) in [7, 11) is 0. The van der Waals surface area contributed by atoms with Crippen LogP contribution < -0.4 is 24.7 Å². The zero-order valence-corrected chi connectivity index (χ0v) is 18.7. The first kappa shape index (κ1) is 24.9.